The molecule has 1 aliphatic heterocycles. The number of hydrogen-bond acceptors (Lipinski definition) is 6. The van der Waals surface area contributed by atoms with E-state index < -0.39 is 11.6 Å². The van der Waals surface area contributed by atoms with Crippen LogP contribution in [0.5, 0.6) is 0 Å². The topological polar surface area (TPSA) is 109 Å². The molecule has 0 unspecified atom stereocenters. The molecule has 1 spiro atoms. The van der Waals surface area contributed by atoms with Gasteiger partial charge in [-0.1, -0.05) is 24.4 Å². The van der Waals surface area contributed by atoms with Crippen molar-refractivity contribution in [3.8, 4) is 11.5 Å². The van der Waals surface area contributed by atoms with Crippen LogP contribution in [0.3, 0.4) is 0 Å². The van der Waals surface area contributed by atoms with Crippen molar-refractivity contribution in [1.82, 2.24) is 25.3 Å². The van der Waals surface area contributed by atoms with Crippen molar-refractivity contribution in [2.45, 2.75) is 57.7 Å². The zero-order valence-corrected chi connectivity index (χ0v) is 18.2. The first kappa shape index (κ1) is 21.3. The first-order chi connectivity index (χ1) is 14.8. The Hall–Kier alpha value is -2.94. The Bertz CT molecular complexity index is 997. The van der Waals surface area contributed by atoms with Crippen molar-refractivity contribution in [3.63, 3.8) is 0 Å². The molecule has 10 heteroatoms. The highest BCUT2D eigenvalue weighted by Crippen LogP contribution is 2.35. The molecule has 2 aliphatic rings. The van der Waals surface area contributed by atoms with E-state index in [1.165, 1.54) is 4.90 Å². The van der Waals surface area contributed by atoms with Gasteiger partial charge in [-0.05, 0) is 51.0 Å². The van der Waals surface area contributed by atoms with E-state index >= 15 is 0 Å². The quantitative estimate of drug-likeness (QED) is 0.684. The fourth-order valence-corrected chi connectivity index (χ4v) is 4.22. The molecule has 2 fully saturated rings. The third-order valence-electron chi connectivity index (χ3n) is 5.80. The second-order valence-corrected chi connectivity index (χ2v) is 8.67. The Kier molecular flexibility index (Phi) is 5.70. The zero-order chi connectivity index (χ0) is 22.2. The van der Waals surface area contributed by atoms with Crippen molar-refractivity contribution in [2.75, 3.05) is 6.54 Å². The van der Waals surface area contributed by atoms with Crippen molar-refractivity contribution in [2.24, 2.45) is 0 Å². The number of aromatic nitrogens is 2. The number of nitrogens with zero attached hydrogens (tertiary/aromatic N) is 4. The summed E-state index contributed by atoms with van der Waals surface area (Å²) in [6, 6.07) is 6.27. The molecule has 2 aromatic rings. The Morgan fingerprint density at radius 2 is 1.90 bits per heavy atom. The molecule has 0 atom stereocenters. The van der Waals surface area contributed by atoms with E-state index in [-0.39, 0.29) is 36.8 Å². The van der Waals surface area contributed by atoms with E-state index in [1.807, 2.05) is 13.8 Å². The molecular formula is C21H24ClN5O4. The molecular weight excluding hydrogens is 422 g/mol. The second kappa shape index (κ2) is 8.30. The smallest absolute Gasteiger partial charge is 0.325 e. The summed E-state index contributed by atoms with van der Waals surface area (Å²) in [5.74, 6) is -0.0915. The van der Waals surface area contributed by atoms with Crippen LogP contribution in [-0.4, -0.2) is 56.0 Å². The van der Waals surface area contributed by atoms with Crippen LogP contribution in [0.15, 0.2) is 28.7 Å². The Morgan fingerprint density at radius 1 is 1.23 bits per heavy atom. The summed E-state index contributed by atoms with van der Waals surface area (Å²) in [5, 5.41) is 11.5. The molecule has 1 aliphatic carbocycles. The van der Waals surface area contributed by atoms with Gasteiger partial charge in [0.1, 0.15) is 12.1 Å². The molecule has 164 valence electrons. The van der Waals surface area contributed by atoms with Gasteiger partial charge in [-0.15, -0.1) is 10.2 Å². The monoisotopic (exact) mass is 445 g/mol. The zero-order valence-electron chi connectivity index (χ0n) is 17.4. The summed E-state index contributed by atoms with van der Waals surface area (Å²) in [7, 11) is 0. The number of urea groups is 1. The Labute approximate surface area is 184 Å². The number of hydrogen-bond donors (Lipinski definition) is 1. The van der Waals surface area contributed by atoms with Gasteiger partial charge in [-0.3, -0.25) is 14.5 Å². The van der Waals surface area contributed by atoms with Crippen LogP contribution < -0.4 is 5.32 Å². The average molecular weight is 446 g/mol. The van der Waals surface area contributed by atoms with Crippen LogP contribution in [0.2, 0.25) is 5.02 Å². The summed E-state index contributed by atoms with van der Waals surface area (Å²) in [6.45, 7) is 3.45. The van der Waals surface area contributed by atoms with Crippen LogP contribution in [-0.2, 0) is 16.1 Å². The summed E-state index contributed by atoms with van der Waals surface area (Å²) in [5.41, 5.74) is -0.119. The number of rotatable bonds is 6. The highest BCUT2D eigenvalue weighted by molar-refractivity contribution is 6.30. The molecule has 0 bridgehead atoms. The fraction of sp³-hybridized carbons (Fsp3) is 0.476. The lowest BCUT2D eigenvalue weighted by molar-refractivity contribution is -0.140. The summed E-state index contributed by atoms with van der Waals surface area (Å²) in [6.07, 6.45) is 3.01. The van der Waals surface area contributed by atoms with Gasteiger partial charge in [0.25, 0.3) is 5.91 Å². The number of nitrogens with one attached hydrogen (secondary N) is 1. The summed E-state index contributed by atoms with van der Waals surface area (Å²) >= 11 is 5.91. The number of carbonyl (C=O) groups excluding carboxylic acids is 3. The molecule has 9 nitrogen and oxygen atoms in total. The minimum Gasteiger partial charge on any atom is -0.419 e. The van der Waals surface area contributed by atoms with Gasteiger partial charge in [0.05, 0.1) is 6.54 Å². The molecule has 4 amide bonds. The van der Waals surface area contributed by atoms with Crippen molar-refractivity contribution >= 4 is 29.4 Å². The van der Waals surface area contributed by atoms with Crippen molar-refractivity contribution in [3.05, 3.63) is 35.2 Å². The van der Waals surface area contributed by atoms with E-state index in [1.54, 1.807) is 24.3 Å². The number of imide groups is 1. The lowest BCUT2D eigenvalue weighted by atomic mass is 9.98. The first-order valence-electron chi connectivity index (χ1n) is 10.3. The largest absolute Gasteiger partial charge is 0.419 e. The van der Waals surface area contributed by atoms with Gasteiger partial charge in [-0.2, -0.15) is 0 Å². The summed E-state index contributed by atoms with van der Waals surface area (Å²) < 4.78 is 5.71. The Morgan fingerprint density at radius 3 is 2.55 bits per heavy atom. The van der Waals surface area contributed by atoms with Gasteiger partial charge in [0, 0.05) is 16.6 Å². The van der Waals surface area contributed by atoms with E-state index in [2.05, 4.69) is 15.5 Å². The maximum Gasteiger partial charge on any atom is 0.325 e. The van der Waals surface area contributed by atoms with Crippen molar-refractivity contribution in [1.29, 1.82) is 0 Å². The van der Waals surface area contributed by atoms with Crippen LogP contribution in [0.25, 0.3) is 11.5 Å². The molecule has 0 radical (unpaired) electrons. The predicted octanol–water partition coefficient (Wildman–Crippen LogP) is 2.99. The maximum absolute atomic E-state index is 13.0. The highest BCUT2D eigenvalue weighted by Gasteiger charge is 2.52. The number of amides is 4. The van der Waals surface area contributed by atoms with Gasteiger partial charge in [-0.25, -0.2) is 4.79 Å². The lowest BCUT2D eigenvalue weighted by Crippen LogP contribution is -2.47. The van der Waals surface area contributed by atoms with E-state index in [9.17, 15) is 14.4 Å². The van der Waals surface area contributed by atoms with Gasteiger partial charge in [0.2, 0.25) is 17.7 Å². The minimum absolute atomic E-state index is 0.0753. The molecule has 2 heterocycles. The maximum atomic E-state index is 13.0. The normalized spacial score (nSPS) is 17.6. The SMILES string of the molecule is CC(C)N(Cc1nnc(-c2ccc(Cl)cc2)o1)C(=O)CN1C(=O)NC2(CCCC2)C1=O. The summed E-state index contributed by atoms with van der Waals surface area (Å²) in [4.78, 5) is 40.8. The third-order valence-corrected chi connectivity index (χ3v) is 6.06. The van der Waals surface area contributed by atoms with Gasteiger partial charge in [0.15, 0.2) is 0 Å². The molecule has 1 N–H and O–H groups in total. The lowest BCUT2D eigenvalue weighted by Gasteiger charge is -2.27. The third kappa shape index (κ3) is 4.14. The van der Waals surface area contributed by atoms with E-state index in [4.69, 9.17) is 16.0 Å². The Balaban J connectivity index is 1.45. The minimum atomic E-state index is -0.833. The molecule has 1 aromatic heterocycles. The first-order valence-corrected chi connectivity index (χ1v) is 10.7. The van der Waals surface area contributed by atoms with Gasteiger partial charge >= 0.3 is 6.03 Å². The molecule has 31 heavy (non-hydrogen) atoms. The van der Waals surface area contributed by atoms with E-state index in [0.29, 0.717) is 29.3 Å². The average Bonchev–Trinajstić information content (AvgIpc) is 3.44. The van der Waals surface area contributed by atoms with Crippen LogP contribution in [0, 0.1) is 0 Å². The molecule has 1 aromatic carbocycles. The van der Waals surface area contributed by atoms with Gasteiger partial charge < -0.3 is 14.6 Å². The number of benzene rings is 1. The molecule has 4 rings (SSSR count). The van der Waals surface area contributed by atoms with E-state index in [0.717, 1.165) is 17.7 Å². The van der Waals surface area contributed by atoms with Crippen LogP contribution >= 0.6 is 11.6 Å². The predicted molar refractivity (Wildman–Crippen MR) is 112 cm³/mol. The molecule has 1 saturated carbocycles. The fourth-order valence-electron chi connectivity index (χ4n) is 4.09. The van der Waals surface area contributed by atoms with Crippen LogP contribution in [0.4, 0.5) is 4.79 Å². The highest BCUT2D eigenvalue weighted by atomic mass is 35.5. The number of halogens is 1. The van der Waals surface area contributed by atoms with Crippen molar-refractivity contribution < 1.29 is 18.8 Å². The second-order valence-electron chi connectivity index (χ2n) is 8.23. The number of carbonyl (C=O) groups is 3. The standard InChI is InChI=1S/C21H24ClN5O4/c1-13(2)26(11-16-24-25-18(31-16)14-5-7-15(22)8-6-14)17(28)12-27-19(29)21(23-20(27)30)9-3-4-10-21/h5-8,13H,3-4,9-12H2,1-2H3,(H,23,30). The van der Waals surface area contributed by atoms with Crippen LogP contribution in [0.1, 0.15) is 45.4 Å². The molecule has 1 saturated heterocycles.